The molecule has 1 fully saturated rings. The van der Waals surface area contributed by atoms with Gasteiger partial charge in [-0.3, -0.25) is 9.59 Å². The maximum absolute atomic E-state index is 11.2. The van der Waals surface area contributed by atoms with Crippen molar-refractivity contribution in [3.8, 4) is 0 Å². The van der Waals surface area contributed by atoms with E-state index in [-0.39, 0.29) is 16.4 Å². The maximum Gasteiger partial charge on any atom is 0.223 e. The van der Waals surface area contributed by atoms with E-state index in [0.717, 1.165) is 19.3 Å². The largest absolute Gasteiger partial charge is 0.343 e. The molecular weight excluding hydrogens is 186 g/mol. The molecular formula is C9H15NO2S. The van der Waals surface area contributed by atoms with Gasteiger partial charge in [-0.2, -0.15) is 0 Å². The van der Waals surface area contributed by atoms with E-state index in [4.69, 9.17) is 0 Å². The van der Waals surface area contributed by atoms with Crippen molar-refractivity contribution < 1.29 is 9.59 Å². The zero-order chi connectivity index (χ0) is 9.68. The molecule has 0 bridgehead atoms. The lowest BCUT2D eigenvalue weighted by Crippen LogP contribution is -2.46. The van der Waals surface area contributed by atoms with Crippen LogP contribution in [0.25, 0.3) is 0 Å². The quantitative estimate of drug-likeness (QED) is 0.543. The molecule has 0 radical (unpaired) electrons. The average Bonchev–Trinajstić information content (AvgIpc) is 2.02. The summed E-state index contributed by atoms with van der Waals surface area (Å²) in [6.45, 7) is 2.11. The van der Waals surface area contributed by atoms with Crippen LogP contribution in [0.4, 0.5) is 0 Å². The fourth-order valence-corrected chi connectivity index (χ4v) is 2.14. The van der Waals surface area contributed by atoms with Gasteiger partial charge in [0.1, 0.15) is 0 Å². The Morgan fingerprint density at radius 2 is 2.31 bits per heavy atom. The van der Waals surface area contributed by atoms with Crippen molar-refractivity contribution in [1.82, 2.24) is 5.32 Å². The molecule has 1 saturated heterocycles. The Morgan fingerprint density at radius 1 is 1.62 bits per heavy atom. The van der Waals surface area contributed by atoms with E-state index in [1.807, 2.05) is 0 Å². The highest BCUT2D eigenvalue weighted by molar-refractivity contribution is 8.14. The summed E-state index contributed by atoms with van der Waals surface area (Å²) in [5.74, 6) is 0.0545. The molecule has 1 heterocycles. The van der Waals surface area contributed by atoms with Crippen LogP contribution < -0.4 is 5.32 Å². The Balaban J connectivity index is 2.01. The molecule has 1 atom stereocenters. The molecule has 1 unspecified atom stereocenters. The first kappa shape index (κ1) is 10.6. The predicted molar refractivity (Wildman–Crippen MR) is 53.3 cm³/mol. The number of nitrogens with one attached hydrogen (secondary N) is 1. The number of thioether (sulfide) groups is 1. The number of β-lactam (4-membered cyclic amide) rings is 1. The molecule has 0 aliphatic carbocycles. The zero-order valence-corrected chi connectivity index (χ0v) is 8.65. The first-order chi connectivity index (χ1) is 6.22. The van der Waals surface area contributed by atoms with Gasteiger partial charge < -0.3 is 5.32 Å². The number of carbonyl (C=O) groups excluding carboxylic acids is 2. The summed E-state index contributed by atoms with van der Waals surface area (Å²) in [4.78, 5) is 21.8. The van der Waals surface area contributed by atoms with Crippen LogP contribution in [-0.4, -0.2) is 16.4 Å². The second-order valence-corrected chi connectivity index (χ2v) is 4.47. The summed E-state index contributed by atoms with van der Waals surface area (Å²) in [5.41, 5.74) is 0. The fraction of sp³-hybridized carbons (Fsp3) is 0.778. The van der Waals surface area contributed by atoms with E-state index in [0.29, 0.717) is 12.8 Å². The highest BCUT2D eigenvalue weighted by Gasteiger charge is 2.27. The molecule has 0 aromatic carbocycles. The molecule has 74 valence electrons. The lowest BCUT2D eigenvalue weighted by molar-refractivity contribution is -0.126. The number of hydrogen-bond acceptors (Lipinski definition) is 3. The van der Waals surface area contributed by atoms with Crippen molar-refractivity contribution in [3.05, 3.63) is 0 Å². The molecule has 1 aliphatic heterocycles. The summed E-state index contributed by atoms with van der Waals surface area (Å²) >= 11 is 1.27. The van der Waals surface area contributed by atoms with Gasteiger partial charge in [-0.1, -0.05) is 31.5 Å². The number of hydrogen-bond donors (Lipinski definition) is 1. The number of unbranched alkanes of at least 4 members (excludes halogenated alkanes) is 2. The molecule has 0 aromatic rings. The van der Waals surface area contributed by atoms with E-state index < -0.39 is 0 Å². The normalized spacial score (nSPS) is 20.7. The van der Waals surface area contributed by atoms with Crippen molar-refractivity contribution >= 4 is 22.8 Å². The summed E-state index contributed by atoms with van der Waals surface area (Å²) in [7, 11) is 0. The van der Waals surface area contributed by atoms with Crippen molar-refractivity contribution in [2.75, 3.05) is 0 Å². The first-order valence-corrected chi connectivity index (χ1v) is 5.59. The van der Waals surface area contributed by atoms with Gasteiger partial charge in [-0.05, 0) is 6.42 Å². The molecule has 1 amide bonds. The van der Waals surface area contributed by atoms with E-state index in [1.165, 1.54) is 11.8 Å². The predicted octanol–water partition coefficient (Wildman–Crippen LogP) is 1.67. The Bertz CT molecular complexity index is 198. The van der Waals surface area contributed by atoms with E-state index >= 15 is 0 Å². The Morgan fingerprint density at radius 3 is 2.85 bits per heavy atom. The van der Waals surface area contributed by atoms with Crippen molar-refractivity contribution in [2.45, 2.75) is 44.4 Å². The summed E-state index contributed by atoms with van der Waals surface area (Å²) in [5, 5.41) is 2.93. The smallest absolute Gasteiger partial charge is 0.223 e. The number of amides is 1. The van der Waals surface area contributed by atoms with Crippen LogP contribution in [0.2, 0.25) is 0 Å². The third-order valence-corrected chi connectivity index (χ3v) is 2.99. The van der Waals surface area contributed by atoms with Gasteiger partial charge in [0.05, 0.1) is 11.8 Å². The Hall–Kier alpha value is -0.510. The molecule has 4 heteroatoms. The van der Waals surface area contributed by atoms with Gasteiger partial charge in [0.2, 0.25) is 5.91 Å². The summed E-state index contributed by atoms with van der Waals surface area (Å²) < 4.78 is 0. The highest BCUT2D eigenvalue weighted by atomic mass is 32.2. The van der Waals surface area contributed by atoms with Crippen LogP contribution in [0.1, 0.15) is 39.0 Å². The number of carbonyl (C=O) groups is 2. The van der Waals surface area contributed by atoms with Crippen LogP contribution >= 0.6 is 11.8 Å². The molecule has 0 saturated carbocycles. The van der Waals surface area contributed by atoms with Crippen molar-refractivity contribution in [1.29, 1.82) is 0 Å². The van der Waals surface area contributed by atoms with Crippen LogP contribution in [0, 0.1) is 0 Å². The second-order valence-electron chi connectivity index (χ2n) is 3.21. The topological polar surface area (TPSA) is 46.2 Å². The third kappa shape index (κ3) is 3.81. The van der Waals surface area contributed by atoms with Gasteiger partial charge in [0.15, 0.2) is 5.12 Å². The summed E-state index contributed by atoms with van der Waals surface area (Å²) in [6, 6.07) is 0. The van der Waals surface area contributed by atoms with E-state index in [9.17, 15) is 9.59 Å². The third-order valence-electron chi connectivity index (χ3n) is 1.95. The van der Waals surface area contributed by atoms with Crippen LogP contribution in [0.5, 0.6) is 0 Å². The molecule has 0 aromatic heterocycles. The lowest BCUT2D eigenvalue weighted by Gasteiger charge is -2.25. The van der Waals surface area contributed by atoms with Crippen LogP contribution in [0.15, 0.2) is 0 Å². The van der Waals surface area contributed by atoms with Crippen molar-refractivity contribution in [3.63, 3.8) is 0 Å². The standard InChI is InChI=1S/C9H15NO2S/c1-2-3-4-5-9(12)13-8-6-7(11)10-8/h8H,2-6H2,1H3,(H,10,11). The Kier molecular flexibility index (Phi) is 4.28. The van der Waals surface area contributed by atoms with Gasteiger partial charge in [0.25, 0.3) is 0 Å². The SMILES string of the molecule is CCCCCC(=O)SC1CC(=O)N1. The minimum atomic E-state index is 0.0545. The first-order valence-electron chi connectivity index (χ1n) is 4.71. The fourth-order valence-electron chi connectivity index (χ4n) is 1.13. The van der Waals surface area contributed by atoms with E-state index in [1.54, 1.807) is 0 Å². The van der Waals surface area contributed by atoms with Crippen LogP contribution in [-0.2, 0) is 9.59 Å². The molecule has 13 heavy (non-hydrogen) atoms. The molecule has 0 spiro atoms. The van der Waals surface area contributed by atoms with Gasteiger partial charge in [-0.25, -0.2) is 0 Å². The van der Waals surface area contributed by atoms with Crippen molar-refractivity contribution in [2.24, 2.45) is 0 Å². The molecule has 1 aliphatic rings. The summed E-state index contributed by atoms with van der Waals surface area (Å²) in [6.07, 6.45) is 4.37. The van der Waals surface area contributed by atoms with E-state index in [2.05, 4.69) is 12.2 Å². The Labute approximate surface area is 82.6 Å². The highest BCUT2D eigenvalue weighted by Crippen LogP contribution is 2.21. The van der Waals surface area contributed by atoms with Crippen LogP contribution in [0.3, 0.4) is 0 Å². The minimum absolute atomic E-state index is 0.0545. The monoisotopic (exact) mass is 201 g/mol. The molecule has 3 nitrogen and oxygen atoms in total. The minimum Gasteiger partial charge on any atom is -0.343 e. The maximum atomic E-state index is 11.2. The lowest BCUT2D eigenvalue weighted by atomic mass is 10.2. The molecule has 1 N–H and O–H groups in total. The van der Waals surface area contributed by atoms with Gasteiger partial charge >= 0.3 is 0 Å². The molecule has 1 rings (SSSR count). The van der Waals surface area contributed by atoms with Gasteiger partial charge in [-0.15, -0.1) is 0 Å². The van der Waals surface area contributed by atoms with Gasteiger partial charge in [0, 0.05) is 6.42 Å². The average molecular weight is 201 g/mol. The number of rotatable bonds is 5. The second kappa shape index (κ2) is 5.27. The zero-order valence-electron chi connectivity index (χ0n) is 7.84.